The Bertz CT molecular complexity index is 1080. The molecule has 0 radical (unpaired) electrons. The Labute approximate surface area is 197 Å². The van der Waals surface area contributed by atoms with E-state index in [9.17, 15) is 24.6 Å². The van der Waals surface area contributed by atoms with E-state index < -0.39 is 29.6 Å². The number of amides is 2. The van der Waals surface area contributed by atoms with E-state index >= 15 is 0 Å². The first-order valence-electron chi connectivity index (χ1n) is 11.7. The van der Waals surface area contributed by atoms with Gasteiger partial charge in [0.05, 0.1) is 11.5 Å². The minimum atomic E-state index is -1.12. The van der Waals surface area contributed by atoms with Crippen LogP contribution in [0, 0.1) is 5.41 Å². The number of aliphatic hydroxyl groups excluding tert-OH is 1. The number of β-amino-alcohol motifs (C(OH)–C–C–N with tert-alkyl or cyclic N) is 1. The van der Waals surface area contributed by atoms with Gasteiger partial charge in [-0.15, -0.1) is 0 Å². The van der Waals surface area contributed by atoms with E-state index in [1.807, 2.05) is 36.4 Å². The quantitative estimate of drug-likeness (QED) is 0.605. The average molecular weight is 465 g/mol. The van der Waals surface area contributed by atoms with Crippen LogP contribution in [-0.2, 0) is 14.3 Å². The second-order valence-corrected chi connectivity index (χ2v) is 9.51. The number of nitrogens with one attached hydrogen (secondary N) is 1. The van der Waals surface area contributed by atoms with Crippen molar-refractivity contribution in [3.63, 3.8) is 0 Å². The molecule has 34 heavy (non-hydrogen) atoms. The van der Waals surface area contributed by atoms with Gasteiger partial charge in [0.15, 0.2) is 0 Å². The van der Waals surface area contributed by atoms with Crippen molar-refractivity contribution in [3.8, 4) is 11.1 Å². The molecular weight excluding hydrogens is 436 g/mol. The van der Waals surface area contributed by atoms with Crippen LogP contribution in [0.3, 0.4) is 0 Å². The highest BCUT2D eigenvalue weighted by atomic mass is 16.5. The van der Waals surface area contributed by atoms with Gasteiger partial charge < -0.3 is 25.2 Å². The van der Waals surface area contributed by atoms with E-state index in [4.69, 9.17) is 4.74 Å². The molecule has 1 aliphatic heterocycles. The molecule has 1 heterocycles. The van der Waals surface area contributed by atoms with Crippen molar-refractivity contribution in [1.82, 2.24) is 10.2 Å². The number of rotatable bonds is 6. The Morgan fingerprint density at radius 1 is 1.03 bits per heavy atom. The van der Waals surface area contributed by atoms with Crippen LogP contribution in [-0.4, -0.2) is 64.9 Å². The van der Waals surface area contributed by atoms with Gasteiger partial charge in [0.2, 0.25) is 5.91 Å². The first-order chi connectivity index (χ1) is 16.4. The smallest absolute Gasteiger partial charge is 0.407 e. The van der Waals surface area contributed by atoms with Crippen molar-refractivity contribution < 1.29 is 29.3 Å². The summed E-state index contributed by atoms with van der Waals surface area (Å²) in [6, 6.07) is 15.1. The van der Waals surface area contributed by atoms with Gasteiger partial charge in [-0.25, -0.2) is 9.59 Å². The summed E-state index contributed by atoms with van der Waals surface area (Å²) >= 11 is 0. The van der Waals surface area contributed by atoms with E-state index in [1.54, 1.807) is 0 Å². The van der Waals surface area contributed by atoms with Gasteiger partial charge in [0.1, 0.15) is 12.6 Å². The highest BCUT2D eigenvalue weighted by Crippen LogP contribution is 2.45. The van der Waals surface area contributed by atoms with Crippen LogP contribution in [0.15, 0.2) is 48.5 Å². The molecule has 3 N–H and O–H groups in total. The molecule has 1 saturated heterocycles. The number of carboxylic acids is 1. The second kappa shape index (κ2) is 8.76. The maximum absolute atomic E-state index is 13.2. The Morgan fingerprint density at radius 2 is 1.65 bits per heavy atom. The molecule has 8 heteroatoms. The number of ether oxygens (including phenoxy) is 1. The monoisotopic (exact) mass is 464 g/mol. The largest absolute Gasteiger partial charge is 0.480 e. The van der Waals surface area contributed by atoms with Gasteiger partial charge in [0.25, 0.3) is 0 Å². The molecule has 8 nitrogen and oxygen atoms in total. The van der Waals surface area contributed by atoms with E-state index in [0.29, 0.717) is 12.8 Å². The predicted molar refractivity (Wildman–Crippen MR) is 123 cm³/mol. The van der Waals surface area contributed by atoms with Crippen LogP contribution in [0.4, 0.5) is 4.79 Å². The number of carbonyl (C=O) groups excluding carboxylic acids is 2. The standard InChI is InChI=1S/C26H28N2O6/c29-16-12-22(23(30)31)28(13-16)24(32)26(10-5-11-26)15-27-25(33)34-14-21-19-8-3-1-6-17(19)18-7-2-4-9-20(18)21/h1-4,6-9,16,21-22,29H,5,10-15H2,(H,27,33)(H,30,31)/t16-,22-/m0/s1. The second-order valence-electron chi connectivity index (χ2n) is 9.51. The number of aliphatic carboxylic acids is 1. The highest BCUT2D eigenvalue weighted by Gasteiger charge is 2.51. The maximum Gasteiger partial charge on any atom is 0.407 e. The summed E-state index contributed by atoms with van der Waals surface area (Å²) in [7, 11) is 0. The Morgan fingerprint density at radius 3 is 2.21 bits per heavy atom. The first-order valence-corrected chi connectivity index (χ1v) is 11.7. The molecule has 3 aliphatic rings. The maximum atomic E-state index is 13.2. The Hall–Kier alpha value is -3.39. The zero-order valence-corrected chi connectivity index (χ0v) is 18.8. The predicted octanol–water partition coefficient (Wildman–Crippen LogP) is 2.74. The number of benzene rings is 2. The van der Waals surface area contributed by atoms with Crippen molar-refractivity contribution in [2.45, 2.75) is 43.7 Å². The number of nitrogens with zero attached hydrogens (tertiary/aromatic N) is 1. The van der Waals surface area contributed by atoms with Gasteiger partial charge in [-0.2, -0.15) is 0 Å². The van der Waals surface area contributed by atoms with E-state index in [0.717, 1.165) is 28.7 Å². The number of hydrogen-bond donors (Lipinski definition) is 3. The third kappa shape index (κ3) is 3.81. The Balaban J connectivity index is 1.22. The van der Waals surface area contributed by atoms with Gasteiger partial charge in [-0.05, 0) is 35.1 Å². The van der Waals surface area contributed by atoms with Gasteiger partial charge >= 0.3 is 12.1 Å². The molecule has 0 bridgehead atoms. The van der Waals surface area contributed by atoms with Crippen LogP contribution in [0.1, 0.15) is 42.7 Å². The summed E-state index contributed by atoms with van der Waals surface area (Å²) in [5, 5.41) is 22.1. The van der Waals surface area contributed by atoms with E-state index in [1.165, 1.54) is 4.90 Å². The zero-order valence-electron chi connectivity index (χ0n) is 18.8. The normalized spacial score (nSPS) is 22.4. The third-order valence-corrected chi connectivity index (χ3v) is 7.50. The Kier molecular flexibility index (Phi) is 5.77. The summed E-state index contributed by atoms with van der Waals surface area (Å²) < 4.78 is 5.58. The molecule has 178 valence electrons. The lowest BCUT2D eigenvalue weighted by Crippen LogP contribution is -2.56. The number of carbonyl (C=O) groups is 3. The number of alkyl carbamates (subject to hydrolysis) is 1. The number of fused-ring (bicyclic) bond motifs is 3. The number of carboxylic acid groups (broad SMARTS) is 1. The number of likely N-dealkylation sites (tertiary alicyclic amines) is 1. The van der Waals surface area contributed by atoms with Crippen molar-refractivity contribution >= 4 is 18.0 Å². The van der Waals surface area contributed by atoms with Gasteiger partial charge in [-0.1, -0.05) is 55.0 Å². The highest BCUT2D eigenvalue weighted by molar-refractivity contribution is 5.89. The summed E-state index contributed by atoms with van der Waals surface area (Å²) in [4.78, 5) is 38.6. The average Bonchev–Trinajstić information content (AvgIpc) is 3.35. The molecule has 0 unspecified atom stereocenters. The minimum Gasteiger partial charge on any atom is -0.480 e. The number of aliphatic hydroxyl groups is 1. The van der Waals surface area contributed by atoms with Crippen molar-refractivity contribution in [2.75, 3.05) is 19.7 Å². The third-order valence-electron chi connectivity index (χ3n) is 7.50. The molecule has 2 fully saturated rings. The number of hydrogen-bond acceptors (Lipinski definition) is 5. The van der Waals surface area contributed by atoms with Crippen LogP contribution in [0.5, 0.6) is 0 Å². The summed E-state index contributed by atoms with van der Waals surface area (Å²) in [5.41, 5.74) is 3.69. The molecule has 2 aliphatic carbocycles. The molecule has 1 saturated carbocycles. The molecule has 0 aromatic heterocycles. The summed E-state index contributed by atoms with van der Waals surface area (Å²) in [6.45, 7) is 0.268. The molecule has 2 aromatic rings. The molecule has 5 rings (SSSR count). The van der Waals surface area contributed by atoms with Gasteiger partial charge in [-0.3, -0.25) is 4.79 Å². The molecule has 2 atom stereocenters. The van der Waals surface area contributed by atoms with Crippen LogP contribution >= 0.6 is 0 Å². The van der Waals surface area contributed by atoms with Crippen molar-refractivity contribution in [2.24, 2.45) is 5.41 Å². The zero-order chi connectivity index (χ0) is 23.9. The molecule has 2 aromatic carbocycles. The van der Waals surface area contributed by atoms with Gasteiger partial charge in [0, 0.05) is 25.4 Å². The van der Waals surface area contributed by atoms with E-state index in [2.05, 4.69) is 17.4 Å². The van der Waals surface area contributed by atoms with Crippen LogP contribution in [0.2, 0.25) is 0 Å². The van der Waals surface area contributed by atoms with E-state index in [-0.39, 0.29) is 37.9 Å². The SMILES string of the molecule is O=C(NCC1(C(=O)N2C[C@@H](O)C[C@H]2C(=O)O)CCC1)OCC1c2ccccc2-c2ccccc21. The van der Waals surface area contributed by atoms with Crippen molar-refractivity contribution in [3.05, 3.63) is 59.7 Å². The van der Waals surface area contributed by atoms with Crippen LogP contribution in [0.25, 0.3) is 11.1 Å². The minimum absolute atomic E-state index is 0.00247. The molecule has 0 spiro atoms. The first kappa shape index (κ1) is 22.4. The summed E-state index contributed by atoms with van der Waals surface area (Å²) in [6.07, 6.45) is 0.529. The lowest BCUT2D eigenvalue weighted by atomic mass is 9.67. The fourth-order valence-corrected chi connectivity index (χ4v) is 5.54. The topological polar surface area (TPSA) is 116 Å². The molecular formula is C26H28N2O6. The lowest BCUT2D eigenvalue weighted by Gasteiger charge is -2.43. The summed E-state index contributed by atoms with van der Waals surface area (Å²) in [5.74, 6) is -1.50. The van der Waals surface area contributed by atoms with Crippen LogP contribution < -0.4 is 5.32 Å². The fraction of sp³-hybridized carbons (Fsp3) is 0.423. The fourth-order valence-electron chi connectivity index (χ4n) is 5.54. The molecule has 2 amide bonds. The van der Waals surface area contributed by atoms with Crippen molar-refractivity contribution in [1.29, 1.82) is 0 Å². The lowest BCUT2D eigenvalue weighted by molar-refractivity contribution is -0.156.